The fourth-order valence-electron chi connectivity index (χ4n) is 1.19. The number of imide groups is 1. The normalized spacial score (nSPS) is 16.4. The second kappa shape index (κ2) is 5.42. The molecule has 0 saturated carbocycles. The SMILES string of the molecule is CCCC/C=C\C(=O)N1CCOC1=O. The highest BCUT2D eigenvalue weighted by Gasteiger charge is 2.26. The standard InChI is InChI=1S/C10H15NO3/c1-2-3-4-5-6-9(12)11-7-8-14-10(11)13/h5-6H,2-4,7-8H2,1H3/b6-5-. The van der Waals surface area contributed by atoms with E-state index in [4.69, 9.17) is 0 Å². The summed E-state index contributed by atoms with van der Waals surface area (Å²) in [6, 6.07) is 0. The van der Waals surface area contributed by atoms with E-state index in [1.54, 1.807) is 6.08 Å². The predicted octanol–water partition coefficient (Wildman–Crippen LogP) is 1.71. The third kappa shape index (κ3) is 2.87. The molecule has 2 amide bonds. The fraction of sp³-hybridized carbons (Fsp3) is 0.600. The summed E-state index contributed by atoms with van der Waals surface area (Å²) < 4.78 is 4.65. The number of rotatable bonds is 4. The fourth-order valence-corrected chi connectivity index (χ4v) is 1.19. The average Bonchev–Trinajstić information content (AvgIpc) is 2.59. The molecular weight excluding hydrogens is 182 g/mol. The van der Waals surface area contributed by atoms with Crippen molar-refractivity contribution < 1.29 is 14.3 Å². The maximum Gasteiger partial charge on any atom is 0.416 e. The number of cyclic esters (lactones) is 1. The number of carbonyl (C=O) groups excluding carboxylic acids is 2. The Hall–Kier alpha value is -1.32. The Labute approximate surface area is 83.5 Å². The van der Waals surface area contributed by atoms with Gasteiger partial charge in [-0.05, 0) is 12.5 Å². The van der Waals surface area contributed by atoms with Crippen LogP contribution < -0.4 is 0 Å². The summed E-state index contributed by atoms with van der Waals surface area (Å²) in [4.78, 5) is 23.4. The lowest BCUT2D eigenvalue weighted by Crippen LogP contribution is -2.29. The van der Waals surface area contributed by atoms with Gasteiger partial charge in [-0.15, -0.1) is 0 Å². The first-order valence-corrected chi connectivity index (χ1v) is 4.90. The van der Waals surface area contributed by atoms with Crippen molar-refractivity contribution in [3.05, 3.63) is 12.2 Å². The molecule has 0 spiro atoms. The van der Waals surface area contributed by atoms with Gasteiger partial charge in [-0.3, -0.25) is 4.79 Å². The van der Waals surface area contributed by atoms with Crippen LogP contribution in [0.1, 0.15) is 26.2 Å². The summed E-state index contributed by atoms with van der Waals surface area (Å²) in [5.74, 6) is -0.274. The van der Waals surface area contributed by atoms with Gasteiger partial charge < -0.3 is 4.74 Å². The summed E-state index contributed by atoms with van der Waals surface area (Å²) >= 11 is 0. The molecular formula is C10H15NO3. The van der Waals surface area contributed by atoms with Gasteiger partial charge in [0, 0.05) is 0 Å². The maximum absolute atomic E-state index is 11.4. The molecule has 0 bridgehead atoms. The number of unbranched alkanes of at least 4 members (excludes halogenated alkanes) is 2. The molecule has 0 atom stereocenters. The Morgan fingerprint density at radius 3 is 3.00 bits per heavy atom. The van der Waals surface area contributed by atoms with Crippen LogP contribution in [0, 0.1) is 0 Å². The lowest BCUT2D eigenvalue weighted by molar-refractivity contribution is -0.122. The van der Waals surface area contributed by atoms with Gasteiger partial charge in [-0.1, -0.05) is 25.8 Å². The van der Waals surface area contributed by atoms with Crippen molar-refractivity contribution in [2.75, 3.05) is 13.2 Å². The lowest BCUT2D eigenvalue weighted by Gasteiger charge is -2.05. The van der Waals surface area contributed by atoms with Crippen LogP contribution in [0.4, 0.5) is 4.79 Å². The second-order valence-corrected chi connectivity index (χ2v) is 3.15. The van der Waals surface area contributed by atoms with Crippen LogP contribution >= 0.6 is 0 Å². The van der Waals surface area contributed by atoms with Gasteiger partial charge in [0.2, 0.25) is 0 Å². The minimum atomic E-state index is -0.532. The minimum absolute atomic E-state index is 0.274. The van der Waals surface area contributed by atoms with E-state index in [2.05, 4.69) is 11.7 Å². The first-order valence-electron chi connectivity index (χ1n) is 4.90. The van der Waals surface area contributed by atoms with Gasteiger partial charge in [-0.25, -0.2) is 9.69 Å². The molecule has 0 aliphatic carbocycles. The van der Waals surface area contributed by atoms with Gasteiger partial charge in [0.05, 0.1) is 6.54 Å². The summed E-state index contributed by atoms with van der Waals surface area (Å²) in [5.41, 5.74) is 0. The quantitative estimate of drug-likeness (QED) is 0.509. The molecule has 78 valence electrons. The predicted molar refractivity (Wildman–Crippen MR) is 51.7 cm³/mol. The number of ether oxygens (including phenoxy) is 1. The van der Waals surface area contributed by atoms with Crippen LogP contribution in [0.3, 0.4) is 0 Å². The zero-order valence-corrected chi connectivity index (χ0v) is 8.36. The highest BCUT2D eigenvalue weighted by molar-refractivity contribution is 5.99. The zero-order valence-electron chi connectivity index (χ0n) is 8.36. The number of carbonyl (C=O) groups is 2. The third-order valence-corrected chi connectivity index (χ3v) is 2.01. The monoisotopic (exact) mass is 197 g/mol. The molecule has 0 aromatic rings. The lowest BCUT2D eigenvalue weighted by atomic mass is 10.2. The molecule has 1 heterocycles. The molecule has 0 aromatic carbocycles. The number of hydrogen-bond acceptors (Lipinski definition) is 3. The number of amides is 2. The van der Waals surface area contributed by atoms with Gasteiger partial charge >= 0.3 is 6.09 Å². The van der Waals surface area contributed by atoms with Crippen LogP contribution in [0.5, 0.6) is 0 Å². The van der Waals surface area contributed by atoms with E-state index in [1.165, 1.54) is 6.08 Å². The van der Waals surface area contributed by atoms with E-state index >= 15 is 0 Å². The van der Waals surface area contributed by atoms with Crippen molar-refractivity contribution in [3.63, 3.8) is 0 Å². The van der Waals surface area contributed by atoms with E-state index in [0.29, 0.717) is 13.2 Å². The maximum atomic E-state index is 11.4. The summed E-state index contributed by atoms with van der Waals surface area (Å²) in [6.07, 6.45) is 5.76. The minimum Gasteiger partial charge on any atom is -0.447 e. The largest absolute Gasteiger partial charge is 0.447 e. The van der Waals surface area contributed by atoms with Crippen LogP contribution in [-0.2, 0) is 9.53 Å². The molecule has 0 unspecified atom stereocenters. The van der Waals surface area contributed by atoms with Gasteiger partial charge in [0.15, 0.2) is 0 Å². The Morgan fingerprint density at radius 1 is 1.64 bits per heavy atom. The Kier molecular flexibility index (Phi) is 4.16. The van der Waals surface area contributed by atoms with Crippen LogP contribution in [0.15, 0.2) is 12.2 Å². The Balaban J connectivity index is 2.34. The van der Waals surface area contributed by atoms with E-state index in [1.807, 2.05) is 0 Å². The second-order valence-electron chi connectivity index (χ2n) is 3.15. The van der Waals surface area contributed by atoms with Gasteiger partial charge in [0.1, 0.15) is 6.61 Å². The molecule has 4 nitrogen and oxygen atoms in total. The Morgan fingerprint density at radius 2 is 2.43 bits per heavy atom. The van der Waals surface area contributed by atoms with Gasteiger partial charge in [0.25, 0.3) is 5.91 Å². The van der Waals surface area contributed by atoms with Crippen LogP contribution in [0.25, 0.3) is 0 Å². The molecule has 0 radical (unpaired) electrons. The Bertz CT molecular complexity index is 248. The highest BCUT2D eigenvalue weighted by Crippen LogP contribution is 2.04. The van der Waals surface area contributed by atoms with E-state index < -0.39 is 6.09 Å². The van der Waals surface area contributed by atoms with Crippen molar-refractivity contribution in [2.24, 2.45) is 0 Å². The number of allylic oxidation sites excluding steroid dienone is 1. The van der Waals surface area contributed by atoms with Crippen molar-refractivity contribution in [1.82, 2.24) is 4.90 Å². The highest BCUT2D eigenvalue weighted by atomic mass is 16.6. The van der Waals surface area contributed by atoms with E-state index in [9.17, 15) is 9.59 Å². The molecule has 1 fully saturated rings. The van der Waals surface area contributed by atoms with Gasteiger partial charge in [-0.2, -0.15) is 0 Å². The number of nitrogens with zero attached hydrogens (tertiary/aromatic N) is 1. The first kappa shape index (κ1) is 10.8. The molecule has 1 rings (SSSR count). The average molecular weight is 197 g/mol. The van der Waals surface area contributed by atoms with Crippen molar-refractivity contribution in [3.8, 4) is 0 Å². The first-order chi connectivity index (χ1) is 6.75. The molecule has 4 heteroatoms. The van der Waals surface area contributed by atoms with E-state index in [0.717, 1.165) is 24.2 Å². The molecule has 14 heavy (non-hydrogen) atoms. The van der Waals surface area contributed by atoms with Crippen LogP contribution in [0.2, 0.25) is 0 Å². The topological polar surface area (TPSA) is 46.6 Å². The zero-order chi connectivity index (χ0) is 10.4. The smallest absolute Gasteiger partial charge is 0.416 e. The summed E-state index contributed by atoms with van der Waals surface area (Å²) in [7, 11) is 0. The van der Waals surface area contributed by atoms with Crippen LogP contribution in [-0.4, -0.2) is 30.1 Å². The van der Waals surface area contributed by atoms with Crippen molar-refractivity contribution >= 4 is 12.0 Å². The summed E-state index contributed by atoms with van der Waals surface area (Å²) in [6.45, 7) is 2.77. The molecule has 1 aliphatic rings. The molecule has 0 aromatic heterocycles. The molecule has 1 saturated heterocycles. The third-order valence-electron chi connectivity index (χ3n) is 2.01. The summed E-state index contributed by atoms with van der Waals surface area (Å²) in [5, 5.41) is 0. The number of hydrogen-bond donors (Lipinski definition) is 0. The van der Waals surface area contributed by atoms with E-state index in [-0.39, 0.29) is 5.91 Å². The molecule has 1 aliphatic heterocycles. The van der Waals surface area contributed by atoms with Crippen molar-refractivity contribution in [1.29, 1.82) is 0 Å². The molecule has 0 N–H and O–H groups in total. The van der Waals surface area contributed by atoms with Crippen molar-refractivity contribution in [2.45, 2.75) is 26.2 Å².